The molecular weight excluding hydrogens is 488 g/mol. The van der Waals surface area contributed by atoms with E-state index in [1.54, 1.807) is 31.2 Å². The minimum atomic E-state index is -1.20. The Hall–Kier alpha value is -3.43. The summed E-state index contributed by atoms with van der Waals surface area (Å²) in [4.78, 5) is 50.1. The van der Waals surface area contributed by atoms with Crippen LogP contribution in [0.2, 0.25) is 0 Å². The van der Waals surface area contributed by atoms with Crippen molar-refractivity contribution in [2.24, 2.45) is 0 Å². The molecular formula is C26H31ClN2O7. The third-order valence-electron chi connectivity index (χ3n) is 5.70. The Kier molecular flexibility index (Phi) is 10.9. The second-order valence-electron chi connectivity index (χ2n) is 8.18. The van der Waals surface area contributed by atoms with E-state index in [1.807, 2.05) is 30.3 Å². The van der Waals surface area contributed by atoms with Crippen LogP contribution in [0.15, 0.2) is 54.6 Å². The van der Waals surface area contributed by atoms with Gasteiger partial charge in [0, 0.05) is 18.9 Å². The smallest absolute Gasteiger partial charge is 0.325 e. The molecule has 2 aromatic carbocycles. The summed E-state index contributed by atoms with van der Waals surface area (Å²) in [6.45, 7) is 2.48. The van der Waals surface area contributed by atoms with Crippen LogP contribution in [0.4, 0.5) is 5.69 Å². The Morgan fingerprint density at radius 3 is 2.42 bits per heavy atom. The number of anilines is 1. The molecule has 1 N–H and O–H groups in total. The zero-order valence-electron chi connectivity index (χ0n) is 20.3. The molecule has 1 aliphatic heterocycles. The molecule has 0 aliphatic carbocycles. The predicted molar refractivity (Wildman–Crippen MR) is 134 cm³/mol. The van der Waals surface area contributed by atoms with Crippen LogP contribution < -0.4 is 5.01 Å². The van der Waals surface area contributed by atoms with Crippen LogP contribution in [0.1, 0.15) is 50.3 Å². The molecule has 1 amide bonds. The first-order valence-electron chi connectivity index (χ1n) is 11.6. The number of aryl methyl sites for hydroxylation is 1. The summed E-state index contributed by atoms with van der Waals surface area (Å²) in [6.07, 6.45) is 0.266. The number of hydrogen-bond acceptors (Lipinski definition) is 7. The van der Waals surface area contributed by atoms with Gasteiger partial charge < -0.3 is 14.6 Å². The highest BCUT2D eigenvalue weighted by molar-refractivity contribution is 5.95. The van der Waals surface area contributed by atoms with Crippen molar-refractivity contribution >= 4 is 41.9 Å². The van der Waals surface area contributed by atoms with Gasteiger partial charge in [0.15, 0.2) is 0 Å². The zero-order chi connectivity index (χ0) is 25.4. The molecule has 2 unspecified atom stereocenters. The lowest BCUT2D eigenvalue weighted by molar-refractivity contribution is -0.153. The van der Waals surface area contributed by atoms with Crippen LogP contribution >= 0.6 is 12.4 Å². The first kappa shape index (κ1) is 28.8. The number of para-hydroxylation sites is 1. The third kappa shape index (κ3) is 7.29. The number of carbonyl (C=O) groups excluding carboxylic acids is 3. The van der Waals surface area contributed by atoms with Crippen molar-refractivity contribution in [2.45, 2.75) is 51.7 Å². The number of esters is 2. The summed E-state index contributed by atoms with van der Waals surface area (Å²) >= 11 is 0. The van der Waals surface area contributed by atoms with Gasteiger partial charge in [-0.3, -0.25) is 19.2 Å². The molecule has 10 heteroatoms. The van der Waals surface area contributed by atoms with Crippen molar-refractivity contribution in [1.82, 2.24) is 5.01 Å². The number of benzene rings is 2. The SMILES string of the molecule is CCOC(=O)C(CCc1ccccc1)N(CC(=O)O)N1C(=O)CCC(OC(C)=O)c2ccccc21.Cl. The van der Waals surface area contributed by atoms with Crippen LogP contribution in [-0.4, -0.2) is 53.1 Å². The fourth-order valence-electron chi connectivity index (χ4n) is 4.24. The molecule has 0 spiro atoms. The van der Waals surface area contributed by atoms with Crippen molar-refractivity contribution in [3.8, 4) is 0 Å². The van der Waals surface area contributed by atoms with Gasteiger partial charge >= 0.3 is 17.9 Å². The predicted octanol–water partition coefficient (Wildman–Crippen LogP) is 3.71. The first-order valence-corrected chi connectivity index (χ1v) is 11.6. The Balaban J connectivity index is 0.00000456. The van der Waals surface area contributed by atoms with E-state index in [-0.39, 0.29) is 38.3 Å². The normalized spacial score (nSPS) is 15.8. The lowest BCUT2D eigenvalue weighted by atomic mass is 10.0. The zero-order valence-corrected chi connectivity index (χ0v) is 21.1. The molecule has 0 bridgehead atoms. The average Bonchev–Trinajstić information content (AvgIpc) is 2.95. The quantitative estimate of drug-likeness (QED) is 0.473. The monoisotopic (exact) mass is 518 g/mol. The van der Waals surface area contributed by atoms with E-state index in [9.17, 15) is 24.3 Å². The summed E-state index contributed by atoms with van der Waals surface area (Å²) in [5, 5.41) is 12.2. The number of carboxylic acid groups (broad SMARTS) is 1. The van der Waals surface area contributed by atoms with Crippen LogP contribution in [0, 0.1) is 0 Å². The number of ether oxygens (including phenoxy) is 2. The number of hydrogen-bond donors (Lipinski definition) is 1. The topological polar surface area (TPSA) is 113 Å². The van der Waals surface area contributed by atoms with Crippen molar-refractivity contribution < 1.29 is 33.8 Å². The van der Waals surface area contributed by atoms with Gasteiger partial charge in [0.2, 0.25) is 5.91 Å². The van der Waals surface area contributed by atoms with Gasteiger partial charge in [0.05, 0.1) is 12.3 Å². The van der Waals surface area contributed by atoms with Gasteiger partial charge in [-0.2, -0.15) is 5.01 Å². The minimum absolute atomic E-state index is 0. The minimum Gasteiger partial charge on any atom is -0.480 e. The molecule has 36 heavy (non-hydrogen) atoms. The van der Waals surface area contributed by atoms with E-state index >= 15 is 0 Å². The average molecular weight is 519 g/mol. The maximum atomic E-state index is 13.4. The van der Waals surface area contributed by atoms with Crippen LogP contribution in [0.25, 0.3) is 0 Å². The molecule has 3 rings (SSSR count). The Labute approximate surface area is 216 Å². The number of fused-ring (bicyclic) bond motifs is 1. The highest BCUT2D eigenvalue weighted by atomic mass is 35.5. The number of nitrogens with zero attached hydrogens (tertiary/aromatic N) is 2. The Morgan fingerprint density at radius 1 is 1.11 bits per heavy atom. The number of amides is 1. The van der Waals surface area contributed by atoms with Crippen LogP contribution in [-0.2, 0) is 35.1 Å². The summed E-state index contributed by atoms with van der Waals surface area (Å²) in [5.41, 5.74) is 1.90. The molecule has 1 aliphatic rings. The van der Waals surface area contributed by atoms with Crippen molar-refractivity contribution in [2.75, 3.05) is 18.2 Å². The largest absolute Gasteiger partial charge is 0.480 e. The van der Waals surface area contributed by atoms with Gasteiger partial charge in [-0.1, -0.05) is 48.5 Å². The maximum absolute atomic E-state index is 13.4. The lowest BCUT2D eigenvalue weighted by Gasteiger charge is -2.38. The summed E-state index contributed by atoms with van der Waals surface area (Å²) < 4.78 is 10.8. The van der Waals surface area contributed by atoms with E-state index in [0.29, 0.717) is 17.7 Å². The first-order chi connectivity index (χ1) is 16.8. The highest BCUT2D eigenvalue weighted by Crippen LogP contribution is 2.37. The molecule has 2 atom stereocenters. The molecule has 0 saturated heterocycles. The number of rotatable bonds is 10. The van der Waals surface area contributed by atoms with Gasteiger partial charge in [-0.25, -0.2) is 5.01 Å². The van der Waals surface area contributed by atoms with E-state index in [0.717, 1.165) is 5.56 Å². The summed E-state index contributed by atoms with van der Waals surface area (Å²) in [6, 6.07) is 15.3. The van der Waals surface area contributed by atoms with E-state index < -0.39 is 42.5 Å². The number of carbonyl (C=O) groups is 4. The molecule has 9 nitrogen and oxygen atoms in total. The fraction of sp³-hybridized carbons (Fsp3) is 0.385. The van der Waals surface area contributed by atoms with Crippen molar-refractivity contribution in [3.05, 3.63) is 65.7 Å². The number of halogens is 1. The van der Waals surface area contributed by atoms with Gasteiger partial charge in [-0.15, -0.1) is 12.4 Å². The number of carboxylic acids is 1. The number of hydrazine groups is 1. The molecule has 0 radical (unpaired) electrons. The maximum Gasteiger partial charge on any atom is 0.325 e. The fourth-order valence-corrected chi connectivity index (χ4v) is 4.24. The molecule has 0 fully saturated rings. The Morgan fingerprint density at radius 2 is 1.78 bits per heavy atom. The molecule has 0 aromatic heterocycles. The number of aliphatic carboxylic acids is 1. The standard InChI is InChI=1S/C26H30N2O7.ClH/c1-3-34-26(33)22(14-13-19-9-5-4-6-10-19)27(17-25(31)32)28-21-12-8-7-11-20(21)23(35-18(2)29)15-16-24(28)30;/h4-12,22-23H,3,13-17H2,1-2H3,(H,31,32);1H. The van der Waals surface area contributed by atoms with Crippen molar-refractivity contribution in [3.63, 3.8) is 0 Å². The molecule has 0 saturated carbocycles. The van der Waals surface area contributed by atoms with E-state index in [4.69, 9.17) is 9.47 Å². The van der Waals surface area contributed by atoms with E-state index in [2.05, 4.69) is 0 Å². The van der Waals surface area contributed by atoms with Gasteiger partial charge in [-0.05, 0) is 37.8 Å². The van der Waals surface area contributed by atoms with Crippen molar-refractivity contribution in [1.29, 1.82) is 0 Å². The third-order valence-corrected chi connectivity index (χ3v) is 5.70. The Bertz CT molecular complexity index is 1060. The van der Waals surface area contributed by atoms with Gasteiger partial charge in [0.25, 0.3) is 0 Å². The van der Waals surface area contributed by atoms with Crippen LogP contribution in [0.5, 0.6) is 0 Å². The van der Waals surface area contributed by atoms with Gasteiger partial charge in [0.1, 0.15) is 18.7 Å². The lowest BCUT2D eigenvalue weighted by Crippen LogP contribution is -2.57. The molecule has 2 aromatic rings. The summed E-state index contributed by atoms with van der Waals surface area (Å²) in [5.74, 6) is -2.71. The summed E-state index contributed by atoms with van der Waals surface area (Å²) in [7, 11) is 0. The second-order valence-corrected chi connectivity index (χ2v) is 8.18. The molecule has 194 valence electrons. The van der Waals surface area contributed by atoms with Crippen LogP contribution in [0.3, 0.4) is 0 Å². The second kappa shape index (κ2) is 13.6. The molecule has 1 heterocycles. The highest BCUT2D eigenvalue weighted by Gasteiger charge is 2.39. The van der Waals surface area contributed by atoms with E-state index in [1.165, 1.54) is 16.9 Å².